The minimum absolute atomic E-state index is 0.110. The summed E-state index contributed by atoms with van der Waals surface area (Å²) in [7, 11) is -4.06. The predicted octanol–water partition coefficient (Wildman–Crippen LogP) is 6.11. The highest BCUT2D eigenvalue weighted by molar-refractivity contribution is 9.10. The van der Waals surface area contributed by atoms with E-state index in [-0.39, 0.29) is 17.9 Å². The van der Waals surface area contributed by atoms with E-state index in [0.29, 0.717) is 12.1 Å². The number of nitrogens with one attached hydrogen (secondary N) is 2. The zero-order valence-electron chi connectivity index (χ0n) is 22.5. The molecule has 2 atom stereocenters. The number of rotatable bonds is 12. The van der Waals surface area contributed by atoms with Gasteiger partial charge in [-0.25, -0.2) is 17.9 Å². The van der Waals surface area contributed by atoms with E-state index in [1.807, 2.05) is 91.9 Å². The second-order valence-electron chi connectivity index (χ2n) is 9.62. The Morgan fingerprint density at radius 2 is 1.50 bits per heavy atom. The summed E-state index contributed by atoms with van der Waals surface area (Å²) in [6.07, 6.45) is 0.174. The molecule has 4 aromatic carbocycles. The van der Waals surface area contributed by atoms with E-state index in [1.54, 1.807) is 31.2 Å². The number of carbonyl (C=O) groups excluding carboxylic acids is 1. The summed E-state index contributed by atoms with van der Waals surface area (Å²) in [6.45, 7) is 4.09. The first kappa shape index (κ1) is 29.7. The van der Waals surface area contributed by atoms with Gasteiger partial charge in [0.2, 0.25) is 10.0 Å². The molecule has 0 aliphatic carbocycles. The number of hydrogen-bond donors (Lipinski definition) is 2. The van der Waals surface area contributed by atoms with Crippen LogP contribution in [0.15, 0.2) is 119 Å². The minimum atomic E-state index is -4.06. The van der Waals surface area contributed by atoms with Crippen LogP contribution >= 0.6 is 15.9 Å². The van der Waals surface area contributed by atoms with Crippen molar-refractivity contribution in [1.29, 1.82) is 0 Å². The molecule has 0 radical (unpaired) electrons. The molecule has 0 aliphatic heterocycles. The van der Waals surface area contributed by atoms with Crippen LogP contribution in [-0.2, 0) is 32.5 Å². The highest BCUT2D eigenvalue weighted by Gasteiger charge is 2.49. The highest BCUT2D eigenvalue weighted by atomic mass is 79.9. The number of ether oxygens (including phenoxy) is 1. The van der Waals surface area contributed by atoms with Crippen molar-refractivity contribution in [2.75, 3.05) is 6.61 Å². The fourth-order valence-electron chi connectivity index (χ4n) is 4.64. The Morgan fingerprint density at radius 3 is 2.10 bits per heavy atom. The topological polar surface area (TPSA) is 84.5 Å². The third-order valence-corrected chi connectivity index (χ3v) is 8.63. The molecule has 6 nitrogen and oxygen atoms in total. The van der Waals surface area contributed by atoms with Gasteiger partial charge in [0.25, 0.3) is 0 Å². The number of sulfonamides is 1. The van der Waals surface area contributed by atoms with Crippen LogP contribution in [-0.4, -0.2) is 26.5 Å². The molecule has 40 heavy (non-hydrogen) atoms. The number of esters is 1. The molecule has 0 saturated heterocycles. The Kier molecular flexibility index (Phi) is 9.92. The largest absolute Gasteiger partial charge is 0.465 e. The zero-order chi connectivity index (χ0) is 28.6. The maximum Gasteiger partial charge on any atom is 0.328 e. The number of halogens is 1. The van der Waals surface area contributed by atoms with Crippen molar-refractivity contribution in [3.8, 4) is 0 Å². The van der Waals surface area contributed by atoms with Crippen molar-refractivity contribution >= 4 is 31.9 Å². The van der Waals surface area contributed by atoms with E-state index in [1.165, 1.54) is 0 Å². The summed E-state index contributed by atoms with van der Waals surface area (Å²) in [6, 6.07) is 32.1. The lowest BCUT2D eigenvalue weighted by Crippen LogP contribution is -2.62. The third kappa shape index (κ3) is 7.26. The summed E-state index contributed by atoms with van der Waals surface area (Å²) in [5.74, 6) is -0.550. The standard InChI is InChI=1S/C32H33BrN2O4S/c1-3-39-31(36)32(22-25-11-6-4-7-12-25,34-23-26-13-8-5-9-14-26)30(27-15-10-16-28(33)21-27)35-40(37,38)29-19-17-24(2)18-20-29/h4-21,30,34-35H,3,22-23H2,1-2H3. The third-order valence-electron chi connectivity index (χ3n) is 6.70. The number of carbonyl (C=O) groups is 1. The maximum absolute atomic E-state index is 14.1. The molecule has 0 fully saturated rings. The van der Waals surface area contributed by atoms with Gasteiger partial charge >= 0.3 is 5.97 Å². The Hall–Kier alpha value is -3.30. The molecule has 0 heterocycles. The van der Waals surface area contributed by atoms with Crippen LogP contribution in [0.25, 0.3) is 0 Å². The lowest BCUT2D eigenvalue weighted by Gasteiger charge is -2.40. The molecule has 208 valence electrons. The van der Waals surface area contributed by atoms with Crippen LogP contribution in [0.2, 0.25) is 0 Å². The number of benzene rings is 4. The quantitative estimate of drug-likeness (QED) is 0.187. The Bertz CT molecular complexity index is 1510. The molecule has 4 aromatic rings. The summed E-state index contributed by atoms with van der Waals surface area (Å²) in [5, 5.41) is 3.47. The normalized spacial score (nSPS) is 13.8. The molecule has 0 aromatic heterocycles. The first-order valence-corrected chi connectivity index (χ1v) is 15.4. The van der Waals surface area contributed by atoms with Gasteiger partial charge in [-0.15, -0.1) is 0 Å². The van der Waals surface area contributed by atoms with Gasteiger partial charge in [-0.3, -0.25) is 5.32 Å². The van der Waals surface area contributed by atoms with E-state index in [4.69, 9.17) is 4.74 Å². The molecule has 8 heteroatoms. The fourth-order valence-corrected chi connectivity index (χ4v) is 6.34. The second-order valence-corrected chi connectivity index (χ2v) is 12.2. The molecule has 2 N–H and O–H groups in total. The van der Waals surface area contributed by atoms with Gasteiger partial charge in [0.1, 0.15) is 5.54 Å². The summed E-state index contributed by atoms with van der Waals surface area (Å²) in [4.78, 5) is 14.2. The van der Waals surface area contributed by atoms with Crippen molar-refractivity contribution in [3.63, 3.8) is 0 Å². The predicted molar refractivity (Wildman–Crippen MR) is 161 cm³/mol. The van der Waals surface area contributed by atoms with Crippen LogP contribution in [0.4, 0.5) is 0 Å². The average Bonchev–Trinajstić information content (AvgIpc) is 2.95. The molecule has 0 amide bonds. The monoisotopic (exact) mass is 620 g/mol. The second kappa shape index (κ2) is 13.4. The summed E-state index contributed by atoms with van der Waals surface area (Å²) < 4.78 is 37.1. The van der Waals surface area contributed by atoms with Crippen LogP contribution in [0.3, 0.4) is 0 Å². The lowest BCUT2D eigenvalue weighted by atomic mass is 9.80. The Balaban J connectivity index is 1.91. The van der Waals surface area contributed by atoms with E-state index in [0.717, 1.165) is 21.2 Å². The molecule has 4 rings (SSSR count). The first-order valence-electron chi connectivity index (χ1n) is 13.1. The summed E-state index contributed by atoms with van der Waals surface area (Å²) >= 11 is 3.53. The van der Waals surface area contributed by atoms with E-state index < -0.39 is 27.6 Å². The van der Waals surface area contributed by atoms with Crippen molar-refractivity contribution < 1.29 is 17.9 Å². The molecule has 0 bridgehead atoms. The number of aryl methyl sites for hydroxylation is 1. The van der Waals surface area contributed by atoms with Crippen LogP contribution in [0.5, 0.6) is 0 Å². The molecule has 0 spiro atoms. The van der Waals surface area contributed by atoms with Crippen molar-refractivity contribution in [1.82, 2.24) is 10.0 Å². The van der Waals surface area contributed by atoms with Gasteiger partial charge < -0.3 is 4.74 Å². The molecule has 2 unspecified atom stereocenters. The van der Waals surface area contributed by atoms with Crippen molar-refractivity contribution in [3.05, 3.63) is 136 Å². The minimum Gasteiger partial charge on any atom is -0.465 e. The Morgan fingerprint density at radius 1 is 0.875 bits per heavy atom. The van der Waals surface area contributed by atoms with Crippen LogP contribution < -0.4 is 10.0 Å². The summed E-state index contributed by atoms with van der Waals surface area (Å²) in [5.41, 5.74) is 1.84. The highest BCUT2D eigenvalue weighted by Crippen LogP contribution is 2.34. The average molecular weight is 622 g/mol. The van der Waals surface area contributed by atoms with Gasteiger partial charge in [0.05, 0.1) is 17.5 Å². The van der Waals surface area contributed by atoms with E-state index >= 15 is 0 Å². The van der Waals surface area contributed by atoms with Gasteiger partial charge in [0.15, 0.2) is 0 Å². The van der Waals surface area contributed by atoms with E-state index in [9.17, 15) is 13.2 Å². The van der Waals surface area contributed by atoms with Gasteiger partial charge in [-0.2, -0.15) is 0 Å². The molecule has 0 aliphatic rings. The maximum atomic E-state index is 14.1. The van der Waals surface area contributed by atoms with Gasteiger partial charge in [-0.05, 0) is 54.8 Å². The van der Waals surface area contributed by atoms with Crippen molar-refractivity contribution in [2.45, 2.75) is 43.3 Å². The van der Waals surface area contributed by atoms with Crippen molar-refractivity contribution in [2.24, 2.45) is 0 Å². The molecule has 0 saturated carbocycles. The number of hydrogen-bond acceptors (Lipinski definition) is 5. The van der Waals surface area contributed by atoms with Gasteiger partial charge in [-0.1, -0.05) is 106 Å². The molecular weight excluding hydrogens is 588 g/mol. The lowest BCUT2D eigenvalue weighted by molar-refractivity contribution is -0.152. The molecular formula is C32H33BrN2O4S. The first-order chi connectivity index (χ1) is 19.2. The van der Waals surface area contributed by atoms with Crippen LogP contribution in [0, 0.1) is 6.92 Å². The zero-order valence-corrected chi connectivity index (χ0v) is 24.9. The van der Waals surface area contributed by atoms with E-state index in [2.05, 4.69) is 26.0 Å². The fraction of sp³-hybridized carbons (Fsp3) is 0.219. The SMILES string of the molecule is CCOC(=O)C(Cc1ccccc1)(NCc1ccccc1)C(NS(=O)(=O)c1ccc(C)cc1)c1cccc(Br)c1. The van der Waals surface area contributed by atoms with Gasteiger partial charge in [0, 0.05) is 17.4 Å². The smallest absolute Gasteiger partial charge is 0.328 e. The van der Waals surface area contributed by atoms with Crippen LogP contribution in [0.1, 0.15) is 35.2 Å². The Labute approximate surface area is 245 Å².